The lowest BCUT2D eigenvalue weighted by Gasteiger charge is -2.17. The van der Waals surface area contributed by atoms with Gasteiger partial charge >= 0.3 is 12.0 Å². The van der Waals surface area contributed by atoms with E-state index in [9.17, 15) is 14.7 Å². The van der Waals surface area contributed by atoms with Crippen molar-refractivity contribution in [3.63, 3.8) is 0 Å². The maximum absolute atomic E-state index is 11.5. The molecule has 2 amide bonds. The number of carboxylic acid groups (broad SMARTS) is 1. The average Bonchev–Trinajstić information content (AvgIpc) is 2.41. The second-order valence-electron chi connectivity index (χ2n) is 4.55. The van der Waals surface area contributed by atoms with Crippen LogP contribution in [-0.2, 0) is 11.2 Å². The van der Waals surface area contributed by atoms with Crippen molar-refractivity contribution in [3.8, 4) is 0 Å². The van der Waals surface area contributed by atoms with Gasteiger partial charge in [-0.15, -0.1) is 0 Å². The van der Waals surface area contributed by atoms with Gasteiger partial charge in [0, 0.05) is 6.54 Å². The molecule has 0 spiro atoms. The van der Waals surface area contributed by atoms with Crippen LogP contribution in [0.1, 0.15) is 18.9 Å². The highest BCUT2D eigenvalue weighted by atomic mass is 16.4. The summed E-state index contributed by atoms with van der Waals surface area (Å²) in [5, 5.41) is 22.8. The van der Waals surface area contributed by atoms with Crippen LogP contribution >= 0.6 is 0 Å². The SMILES string of the molecule is CC(O)C(NC(=O)NCCCc1ccccc1)C(=O)O. The Morgan fingerprint density at radius 2 is 1.90 bits per heavy atom. The van der Waals surface area contributed by atoms with E-state index in [1.54, 1.807) is 0 Å². The lowest BCUT2D eigenvalue weighted by molar-refractivity contribution is -0.141. The van der Waals surface area contributed by atoms with E-state index in [1.165, 1.54) is 12.5 Å². The molecule has 2 unspecified atom stereocenters. The number of nitrogens with one attached hydrogen (secondary N) is 2. The van der Waals surface area contributed by atoms with E-state index in [1.807, 2.05) is 30.3 Å². The molecule has 6 heteroatoms. The molecule has 0 aromatic heterocycles. The minimum atomic E-state index is -1.30. The van der Waals surface area contributed by atoms with E-state index in [0.717, 1.165) is 12.8 Å². The Morgan fingerprint density at radius 1 is 1.25 bits per heavy atom. The quantitative estimate of drug-likeness (QED) is 0.554. The normalized spacial score (nSPS) is 13.3. The summed E-state index contributed by atoms with van der Waals surface area (Å²) in [6.07, 6.45) is 0.437. The van der Waals surface area contributed by atoms with Gasteiger partial charge in [-0.1, -0.05) is 30.3 Å². The number of rotatable bonds is 7. The summed E-state index contributed by atoms with van der Waals surface area (Å²) >= 11 is 0. The summed E-state index contributed by atoms with van der Waals surface area (Å²) in [5.74, 6) is -1.26. The fourth-order valence-electron chi connectivity index (χ4n) is 1.72. The maximum atomic E-state index is 11.5. The van der Waals surface area contributed by atoms with Crippen molar-refractivity contribution in [1.29, 1.82) is 0 Å². The van der Waals surface area contributed by atoms with Crippen molar-refractivity contribution in [2.24, 2.45) is 0 Å². The van der Waals surface area contributed by atoms with Gasteiger partial charge in [0.25, 0.3) is 0 Å². The minimum Gasteiger partial charge on any atom is -0.480 e. The molecule has 0 aliphatic rings. The zero-order chi connectivity index (χ0) is 15.0. The first-order chi connectivity index (χ1) is 9.50. The molecular weight excluding hydrogens is 260 g/mol. The standard InChI is InChI=1S/C14H20N2O4/c1-10(17)12(13(18)19)16-14(20)15-9-5-8-11-6-3-2-4-7-11/h2-4,6-7,10,12,17H,5,8-9H2,1H3,(H,18,19)(H2,15,16,20). The monoisotopic (exact) mass is 280 g/mol. The molecule has 0 fully saturated rings. The number of benzene rings is 1. The van der Waals surface area contributed by atoms with E-state index in [4.69, 9.17) is 5.11 Å². The fourth-order valence-corrected chi connectivity index (χ4v) is 1.72. The largest absolute Gasteiger partial charge is 0.480 e. The molecule has 0 heterocycles. The summed E-state index contributed by atoms with van der Waals surface area (Å²) in [4.78, 5) is 22.3. The van der Waals surface area contributed by atoms with Crippen LogP contribution in [0, 0.1) is 0 Å². The molecule has 1 aromatic rings. The first kappa shape index (κ1) is 16.0. The molecule has 110 valence electrons. The number of aliphatic carboxylic acids is 1. The molecule has 0 saturated carbocycles. The van der Waals surface area contributed by atoms with Crippen molar-refractivity contribution in [2.45, 2.75) is 31.9 Å². The average molecular weight is 280 g/mol. The Morgan fingerprint density at radius 3 is 2.45 bits per heavy atom. The Bertz CT molecular complexity index is 434. The number of carbonyl (C=O) groups is 2. The number of aliphatic hydroxyl groups is 1. The van der Waals surface area contributed by atoms with E-state index < -0.39 is 24.1 Å². The third kappa shape index (κ3) is 5.71. The number of carbonyl (C=O) groups excluding carboxylic acids is 1. The van der Waals surface area contributed by atoms with Crippen LogP contribution in [0.4, 0.5) is 4.79 Å². The predicted molar refractivity (Wildman–Crippen MR) is 74.4 cm³/mol. The second kappa shape index (κ2) is 8.16. The lowest BCUT2D eigenvalue weighted by atomic mass is 10.1. The van der Waals surface area contributed by atoms with Crippen LogP contribution in [0.3, 0.4) is 0 Å². The summed E-state index contributed by atoms with van der Waals surface area (Å²) in [6, 6.07) is 7.97. The molecule has 0 aliphatic heterocycles. The molecular formula is C14H20N2O4. The zero-order valence-corrected chi connectivity index (χ0v) is 11.4. The number of aryl methyl sites for hydroxylation is 1. The lowest BCUT2D eigenvalue weighted by Crippen LogP contribution is -2.51. The number of amides is 2. The molecule has 6 nitrogen and oxygen atoms in total. The first-order valence-electron chi connectivity index (χ1n) is 6.50. The number of hydrogen-bond donors (Lipinski definition) is 4. The maximum Gasteiger partial charge on any atom is 0.328 e. The van der Waals surface area contributed by atoms with E-state index in [2.05, 4.69) is 10.6 Å². The van der Waals surface area contributed by atoms with Crippen molar-refractivity contribution in [2.75, 3.05) is 6.54 Å². The smallest absolute Gasteiger partial charge is 0.328 e. The highest BCUT2D eigenvalue weighted by molar-refractivity contribution is 5.82. The highest BCUT2D eigenvalue weighted by Crippen LogP contribution is 2.01. The molecule has 1 aromatic carbocycles. The molecule has 0 bridgehead atoms. The summed E-state index contributed by atoms with van der Waals surface area (Å²) in [7, 11) is 0. The number of aliphatic hydroxyl groups excluding tert-OH is 1. The van der Waals surface area contributed by atoms with Crippen molar-refractivity contribution < 1.29 is 19.8 Å². The van der Waals surface area contributed by atoms with Crippen LogP contribution in [0.2, 0.25) is 0 Å². The molecule has 1 rings (SSSR count). The van der Waals surface area contributed by atoms with Gasteiger partial charge in [-0.3, -0.25) is 0 Å². The predicted octanol–water partition coefficient (Wildman–Crippen LogP) is 0.752. The summed E-state index contributed by atoms with van der Waals surface area (Å²) in [6.45, 7) is 1.75. The Labute approximate surface area is 117 Å². The van der Waals surface area contributed by atoms with Gasteiger partial charge in [-0.2, -0.15) is 0 Å². The Kier molecular flexibility index (Phi) is 6.52. The number of urea groups is 1. The molecule has 0 aliphatic carbocycles. The van der Waals surface area contributed by atoms with Gasteiger partial charge in [0.05, 0.1) is 6.10 Å². The van der Waals surface area contributed by atoms with Gasteiger partial charge in [-0.05, 0) is 25.3 Å². The zero-order valence-electron chi connectivity index (χ0n) is 11.4. The first-order valence-corrected chi connectivity index (χ1v) is 6.50. The molecule has 4 N–H and O–H groups in total. The third-order valence-electron chi connectivity index (χ3n) is 2.81. The van der Waals surface area contributed by atoms with Gasteiger partial charge in [0.1, 0.15) is 0 Å². The highest BCUT2D eigenvalue weighted by Gasteiger charge is 2.24. The van der Waals surface area contributed by atoms with Crippen LogP contribution in [-0.4, -0.2) is 40.9 Å². The molecule has 0 saturated heterocycles. The van der Waals surface area contributed by atoms with E-state index in [0.29, 0.717) is 6.54 Å². The van der Waals surface area contributed by atoms with Crippen LogP contribution in [0.25, 0.3) is 0 Å². The van der Waals surface area contributed by atoms with Gasteiger partial charge < -0.3 is 20.8 Å². The Balaban J connectivity index is 2.24. The van der Waals surface area contributed by atoms with Crippen molar-refractivity contribution in [1.82, 2.24) is 10.6 Å². The summed E-state index contributed by atoms with van der Waals surface area (Å²) in [5.41, 5.74) is 1.18. The Hall–Kier alpha value is -2.08. The van der Waals surface area contributed by atoms with Crippen molar-refractivity contribution >= 4 is 12.0 Å². The van der Waals surface area contributed by atoms with Crippen LogP contribution in [0.5, 0.6) is 0 Å². The summed E-state index contributed by atoms with van der Waals surface area (Å²) < 4.78 is 0. The molecule has 2 atom stereocenters. The van der Waals surface area contributed by atoms with E-state index >= 15 is 0 Å². The van der Waals surface area contributed by atoms with Gasteiger partial charge in [0.2, 0.25) is 0 Å². The molecule has 20 heavy (non-hydrogen) atoms. The number of hydrogen-bond acceptors (Lipinski definition) is 3. The third-order valence-corrected chi connectivity index (χ3v) is 2.81. The molecule has 0 radical (unpaired) electrons. The number of carboxylic acids is 1. The van der Waals surface area contributed by atoms with Crippen molar-refractivity contribution in [3.05, 3.63) is 35.9 Å². The van der Waals surface area contributed by atoms with Crippen LogP contribution in [0.15, 0.2) is 30.3 Å². The minimum absolute atomic E-state index is 0.437. The van der Waals surface area contributed by atoms with Crippen LogP contribution < -0.4 is 10.6 Å². The fraction of sp³-hybridized carbons (Fsp3) is 0.429. The van der Waals surface area contributed by atoms with Gasteiger partial charge in [-0.25, -0.2) is 9.59 Å². The second-order valence-corrected chi connectivity index (χ2v) is 4.55. The van der Waals surface area contributed by atoms with Gasteiger partial charge in [0.15, 0.2) is 6.04 Å². The topological polar surface area (TPSA) is 98.7 Å². The van der Waals surface area contributed by atoms with E-state index in [-0.39, 0.29) is 0 Å².